The predicted octanol–water partition coefficient (Wildman–Crippen LogP) is 4.31. The average Bonchev–Trinajstić information content (AvgIpc) is 3.51. The van der Waals surface area contributed by atoms with Crippen LogP contribution in [-0.4, -0.2) is 64.2 Å². The van der Waals surface area contributed by atoms with Gasteiger partial charge >= 0.3 is 0 Å². The molecular weight excluding hydrogens is 573 g/mol. The highest BCUT2D eigenvalue weighted by atomic mass is 32.2. The molecule has 1 aliphatic rings. The van der Waals surface area contributed by atoms with E-state index in [1.165, 1.54) is 37.3 Å². The Morgan fingerprint density at radius 3 is 2.23 bits per heavy atom. The molecule has 0 spiro atoms. The normalized spacial score (nSPS) is 14.1. The molecule has 0 aromatic heterocycles. The number of carbonyl (C=O) groups is 2. The molecule has 0 saturated heterocycles. The van der Waals surface area contributed by atoms with Crippen LogP contribution in [0.4, 0.5) is 10.1 Å². The van der Waals surface area contributed by atoms with Crippen molar-refractivity contribution in [2.24, 2.45) is 0 Å². The number of nitrogens with zero attached hydrogens (tertiary/aromatic N) is 2. The van der Waals surface area contributed by atoms with Crippen molar-refractivity contribution in [3.05, 3.63) is 89.7 Å². The van der Waals surface area contributed by atoms with Gasteiger partial charge in [0.1, 0.15) is 29.9 Å². The molecule has 1 aliphatic carbocycles. The number of carbonyl (C=O) groups excluding carboxylic acids is 2. The summed E-state index contributed by atoms with van der Waals surface area (Å²) in [6, 6.07) is 18.7. The number of benzene rings is 3. The monoisotopic (exact) mass is 611 g/mol. The predicted molar refractivity (Wildman–Crippen MR) is 163 cm³/mol. The number of nitrogens with one attached hydrogen (secondary N) is 1. The van der Waals surface area contributed by atoms with Crippen LogP contribution in [0.1, 0.15) is 36.8 Å². The molecule has 0 radical (unpaired) electrons. The van der Waals surface area contributed by atoms with Crippen LogP contribution >= 0.6 is 0 Å². The van der Waals surface area contributed by atoms with Gasteiger partial charge in [0.2, 0.25) is 21.8 Å². The molecular formula is C32H38FN3O6S. The molecule has 2 amide bonds. The minimum Gasteiger partial charge on any atom is -0.497 e. The van der Waals surface area contributed by atoms with E-state index in [0.717, 1.165) is 41.8 Å². The average molecular weight is 612 g/mol. The summed E-state index contributed by atoms with van der Waals surface area (Å²) in [5.74, 6) is -0.769. The smallest absolute Gasteiger partial charge is 0.244 e. The maximum absolute atomic E-state index is 14.3. The van der Waals surface area contributed by atoms with E-state index >= 15 is 0 Å². The topological polar surface area (TPSA) is 105 Å². The van der Waals surface area contributed by atoms with Crippen molar-refractivity contribution in [1.29, 1.82) is 0 Å². The lowest BCUT2D eigenvalue weighted by molar-refractivity contribution is -0.140. The lowest BCUT2D eigenvalue weighted by Gasteiger charge is -2.34. The molecule has 1 atom stereocenters. The van der Waals surface area contributed by atoms with E-state index < -0.39 is 34.3 Å². The number of sulfonamides is 1. The van der Waals surface area contributed by atoms with Crippen LogP contribution in [0.2, 0.25) is 0 Å². The first-order valence-corrected chi connectivity index (χ1v) is 16.0. The fourth-order valence-electron chi connectivity index (χ4n) is 5.29. The minimum atomic E-state index is -4.01. The van der Waals surface area contributed by atoms with E-state index in [1.54, 1.807) is 24.3 Å². The van der Waals surface area contributed by atoms with Crippen molar-refractivity contribution in [3.8, 4) is 11.5 Å². The van der Waals surface area contributed by atoms with Crippen molar-refractivity contribution >= 4 is 27.5 Å². The van der Waals surface area contributed by atoms with Crippen LogP contribution in [0.15, 0.2) is 72.8 Å². The Hall–Kier alpha value is -4.12. The van der Waals surface area contributed by atoms with Gasteiger partial charge < -0.3 is 19.7 Å². The second kappa shape index (κ2) is 14.4. The second-order valence-corrected chi connectivity index (χ2v) is 12.6. The molecule has 4 rings (SSSR count). The lowest BCUT2D eigenvalue weighted by Crippen LogP contribution is -2.54. The van der Waals surface area contributed by atoms with E-state index in [2.05, 4.69) is 5.32 Å². The minimum absolute atomic E-state index is 0.00195. The number of hydrogen-bond donors (Lipinski definition) is 1. The van der Waals surface area contributed by atoms with Gasteiger partial charge in [0.15, 0.2) is 0 Å². The van der Waals surface area contributed by atoms with Gasteiger partial charge in [-0.25, -0.2) is 12.8 Å². The Morgan fingerprint density at radius 1 is 0.953 bits per heavy atom. The molecule has 9 nitrogen and oxygen atoms in total. The summed E-state index contributed by atoms with van der Waals surface area (Å²) in [4.78, 5) is 29.5. The van der Waals surface area contributed by atoms with E-state index in [9.17, 15) is 22.4 Å². The Bertz CT molecular complexity index is 1500. The summed E-state index contributed by atoms with van der Waals surface area (Å²) in [7, 11) is -1.16. The molecule has 3 aromatic rings. The zero-order valence-corrected chi connectivity index (χ0v) is 25.5. The Kier molecular flexibility index (Phi) is 10.6. The molecule has 3 aromatic carbocycles. The zero-order valence-electron chi connectivity index (χ0n) is 24.7. The van der Waals surface area contributed by atoms with Crippen molar-refractivity contribution in [3.63, 3.8) is 0 Å². The lowest BCUT2D eigenvalue weighted by atomic mass is 10.0. The summed E-state index contributed by atoms with van der Waals surface area (Å²) >= 11 is 0. The molecule has 43 heavy (non-hydrogen) atoms. The maximum atomic E-state index is 14.3. The molecule has 0 heterocycles. The van der Waals surface area contributed by atoms with Gasteiger partial charge in [0, 0.05) is 25.1 Å². The van der Waals surface area contributed by atoms with Crippen molar-refractivity contribution in [2.45, 2.75) is 50.7 Å². The maximum Gasteiger partial charge on any atom is 0.244 e. The number of anilines is 1. The van der Waals surface area contributed by atoms with Crippen LogP contribution in [0.5, 0.6) is 11.5 Å². The van der Waals surface area contributed by atoms with Crippen LogP contribution in [-0.2, 0) is 32.6 Å². The Labute approximate surface area is 252 Å². The molecule has 0 bridgehead atoms. The number of rotatable bonds is 13. The van der Waals surface area contributed by atoms with Gasteiger partial charge in [0.05, 0.1) is 26.2 Å². The van der Waals surface area contributed by atoms with Crippen LogP contribution < -0.4 is 19.1 Å². The standard InChI is InChI=1S/C32H38FN3O6S/c1-41-27-17-18-30(42-2)28(20-27)36(43(3,39)40)22-31(37)35(21-24-13-15-25(33)16-14-24)29(19-23-9-5-4-6-10-23)32(38)34-26-11-7-8-12-26/h4-6,9-10,13-18,20,26,29H,7-8,11-12,19,21-22H2,1-3H3,(H,34,38)/t29-/m0/s1. The largest absolute Gasteiger partial charge is 0.497 e. The number of methoxy groups -OCH3 is 2. The van der Waals surface area contributed by atoms with Gasteiger partial charge in [-0.3, -0.25) is 13.9 Å². The van der Waals surface area contributed by atoms with Gasteiger partial charge in [-0.1, -0.05) is 55.3 Å². The van der Waals surface area contributed by atoms with E-state index in [0.29, 0.717) is 11.3 Å². The number of halogens is 1. The summed E-state index contributed by atoms with van der Waals surface area (Å²) in [5, 5.41) is 3.12. The number of hydrogen-bond acceptors (Lipinski definition) is 6. The van der Waals surface area contributed by atoms with Crippen LogP contribution in [0, 0.1) is 5.82 Å². The van der Waals surface area contributed by atoms with E-state index in [-0.39, 0.29) is 36.4 Å². The van der Waals surface area contributed by atoms with Crippen molar-refractivity contribution < 1.29 is 31.9 Å². The summed E-state index contributed by atoms with van der Waals surface area (Å²) < 4.78 is 51.7. The van der Waals surface area contributed by atoms with E-state index in [1.807, 2.05) is 30.3 Å². The third-order valence-electron chi connectivity index (χ3n) is 7.57. The summed E-state index contributed by atoms with van der Waals surface area (Å²) in [6.07, 6.45) is 4.93. The first-order chi connectivity index (χ1) is 20.6. The van der Waals surface area contributed by atoms with Crippen LogP contribution in [0.3, 0.4) is 0 Å². The molecule has 0 unspecified atom stereocenters. The molecule has 1 fully saturated rings. The molecule has 1 N–H and O–H groups in total. The van der Waals surface area contributed by atoms with Crippen molar-refractivity contribution in [2.75, 3.05) is 31.3 Å². The first kappa shape index (κ1) is 31.8. The van der Waals surface area contributed by atoms with Gasteiger partial charge in [-0.05, 0) is 48.2 Å². The number of ether oxygens (including phenoxy) is 2. The molecule has 1 saturated carbocycles. The zero-order chi connectivity index (χ0) is 31.0. The van der Waals surface area contributed by atoms with Gasteiger partial charge in [0.25, 0.3) is 0 Å². The van der Waals surface area contributed by atoms with E-state index in [4.69, 9.17) is 9.47 Å². The molecule has 230 valence electrons. The third-order valence-corrected chi connectivity index (χ3v) is 8.70. The highest BCUT2D eigenvalue weighted by Crippen LogP contribution is 2.34. The van der Waals surface area contributed by atoms with Gasteiger partial charge in [-0.15, -0.1) is 0 Å². The first-order valence-electron chi connectivity index (χ1n) is 14.2. The highest BCUT2D eigenvalue weighted by molar-refractivity contribution is 7.92. The summed E-state index contributed by atoms with van der Waals surface area (Å²) in [6.45, 7) is -0.646. The van der Waals surface area contributed by atoms with Crippen LogP contribution in [0.25, 0.3) is 0 Å². The van der Waals surface area contributed by atoms with Gasteiger partial charge in [-0.2, -0.15) is 0 Å². The third kappa shape index (κ3) is 8.47. The fourth-order valence-corrected chi connectivity index (χ4v) is 6.14. The molecule has 11 heteroatoms. The number of amides is 2. The second-order valence-electron chi connectivity index (χ2n) is 10.7. The quantitative estimate of drug-likeness (QED) is 0.309. The summed E-state index contributed by atoms with van der Waals surface area (Å²) in [5.41, 5.74) is 1.54. The SMILES string of the molecule is COc1ccc(OC)c(N(CC(=O)N(Cc2ccc(F)cc2)[C@@H](Cc2ccccc2)C(=O)NC2CCCC2)S(C)(=O)=O)c1. The van der Waals surface area contributed by atoms with Crippen molar-refractivity contribution in [1.82, 2.24) is 10.2 Å². The fraction of sp³-hybridized carbons (Fsp3) is 0.375. The molecule has 0 aliphatic heterocycles. The highest BCUT2D eigenvalue weighted by Gasteiger charge is 2.35. The Balaban J connectivity index is 1.76. The Morgan fingerprint density at radius 2 is 1.63 bits per heavy atom.